The third kappa shape index (κ3) is 4.50. The third-order valence-electron chi connectivity index (χ3n) is 5.05. The van der Waals surface area contributed by atoms with Gasteiger partial charge in [-0.1, -0.05) is 39.0 Å². The Balaban J connectivity index is 1.54. The normalized spacial score (nSPS) is 23.3. The average Bonchev–Trinajstić information content (AvgIpc) is 3.21. The van der Waals surface area contributed by atoms with Gasteiger partial charge in [0.05, 0.1) is 11.8 Å². The molecule has 7 heteroatoms. The van der Waals surface area contributed by atoms with Crippen LogP contribution in [0.15, 0.2) is 26.4 Å². The largest absolute Gasteiger partial charge is 0.469 e. The van der Waals surface area contributed by atoms with Crippen LogP contribution in [0.2, 0.25) is 0 Å². The lowest BCUT2D eigenvalue weighted by Gasteiger charge is -2.36. The van der Waals surface area contributed by atoms with Crippen LogP contribution in [0.5, 0.6) is 0 Å². The molecule has 0 aliphatic heterocycles. The van der Waals surface area contributed by atoms with E-state index in [0.717, 1.165) is 24.2 Å². The Bertz CT molecular complexity index is 739. The van der Waals surface area contributed by atoms with Crippen molar-refractivity contribution in [2.75, 3.05) is 5.75 Å². The minimum absolute atomic E-state index is 0.0127. The van der Waals surface area contributed by atoms with Crippen LogP contribution >= 0.6 is 11.8 Å². The molecule has 3 atom stereocenters. The summed E-state index contributed by atoms with van der Waals surface area (Å²) in [4.78, 5) is 12.3. The highest BCUT2D eigenvalue weighted by Gasteiger charge is 2.33. The van der Waals surface area contributed by atoms with E-state index in [0.29, 0.717) is 28.9 Å². The van der Waals surface area contributed by atoms with Gasteiger partial charge >= 0.3 is 5.97 Å². The minimum atomic E-state index is -0.223. The van der Waals surface area contributed by atoms with Crippen molar-refractivity contribution < 1.29 is 18.4 Å². The van der Waals surface area contributed by atoms with Crippen molar-refractivity contribution in [2.45, 2.75) is 58.3 Å². The lowest BCUT2D eigenvalue weighted by molar-refractivity contribution is -0.152. The van der Waals surface area contributed by atoms with E-state index in [9.17, 15) is 4.79 Å². The Labute approximate surface area is 158 Å². The number of aryl methyl sites for hydroxylation is 1. The van der Waals surface area contributed by atoms with Gasteiger partial charge in [-0.2, -0.15) is 0 Å². The number of carbonyl (C=O) groups is 1. The summed E-state index contributed by atoms with van der Waals surface area (Å²) < 4.78 is 16.6. The van der Waals surface area contributed by atoms with Crippen molar-refractivity contribution in [3.63, 3.8) is 0 Å². The molecule has 142 valence electrons. The zero-order valence-corrected chi connectivity index (χ0v) is 16.5. The second-order valence-electron chi connectivity index (χ2n) is 7.41. The summed E-state index contributed by atoms with van der Waals surface area (Å²) in [5.74, 6) is 2.63. The molecule has 3 unspecified atom stereocenters. The molecular weight excluding hydrogens is 352 g/mol. The molecule has 26 heavy (non-hydrogen) atoms. The molecule has 0 spiro atoms. The van der Waals surface area contributed by atoms with Crippen LogP contribution in [0.3, 0.4) is 0 Å². The molecule has 2 aromatic heterocycles. The molecule has 0 N–H and O–H groups in total. The molecule has 2 aromatic rings. The first kappa shape index (κ1) is 19.0. The van der Waals surface area contributed by atoms with E-state index in [1.807, 2.05) is 6.92 Å². The summed E-state index contributed by atoms with van der Waals surface area (Å²) in [7, 11) is 0. The number of aromatic nitrogens is 2. The van der Waals surface area contributed by atoms with Gasteiger partial charge in [-0.25, -0.2) is 0 Å². The van der Waals surface area contributed by atoms with Gasteiger partial charge < -0.3 is 13.6 Å². The predicted octanol–water partition coefficient (Wildman–Crippen LogP) is 4.73. The number of rotatable bonds is 6. The summed E-state index contributed by atoms with van der Waals surface area (Å²) in [6.45, 7) is 8.46. The summed E-state index contributed by atoms with van der Waals surface area (Å²) in [5, 5.41) is 8.35. The van der Waals surface area contributed by atoms with Crippen molar-refractivity contribution >= 4 is 17.7 Å². The fourth-order valence-corrected chi connectivity index (χ4v) is 4.10. The van der Waals surface area contributed by atoms with E-state index in [1.54, 1.807) is 12.3 Å². The fourth-order valence-electron chi connectivity index (χ4n) is 3.56. The molecule has 1 saturated carbocycles. The van der Waals surface area contributed by atoms with Gasteiger partial charge in [0.1, 0.15) is 17.6 Å². The van der Waals surface area contributed by atoms with E-state index >= 15 is 0 Å². The number of thioether (sulfide) groups is 1. The maximum Gasteiger partial charge on any atom is 0.316 e. The Morgan fingerprint density at radius 1 is 1.38 bits per heavy atom. The van der Waals surface area contributed by atoms with E-state index in [-0.39, 0.29) is 17.8 Å². The zero-order chi connectivity index (χ0) is 18.7. The SMILES string of the molecule is Cc1occc1-c1nnc(SCC(=O)OC2CC(C)CCC2C(C)C)o1. The van der Waals surface area contributed by atoms with Gasteiger partial charge in [-0.05, 0) is 43.6 Å². The van der Waals surface area contributed by atoms with Crippen molar-refractivity contribution in [2.24, 2.45) is 17.8 Å². The highest BCUT2D eigenvalue weighted by molar-refractivity contribution is 7.99. The Hall–Kier alpha value is -1.76. The van der Waals surface area contributed by atoms with Crippen LogP contribution in [0.25, 0.3) is 11.5 Å². The molecule has 1 aliphatic rings. The van der Waals surface area contributed by atoms with Crippen LogP contribution in [0.4, 0.5) is 0 Å². The number of ether oxygens (including phenoxy) is 1. The lowest BCUT2D eigenvalue weighted by atomic mass is 9.75. The quantitative estimate of drug-likeness (QED) is 0.531. The number of hydrogen-bond donors (Lipinski definition) is 0. The van der Waals surface area contributed by atoms with Crippen LogP contribution in [-0.2, 0) is 9.53 Å². The molecule has 0 radical (unpaired) electrons. The maximum atomic E-state index is 12.3. The molecule has 0 saturated heterocycles. The van der Waals surface area contributed by atoms with Gasteiger partial charge in [-0.15, -0.1) is 10.2 Å². The predicted molar refractivity (Wildman–Crippen MR) is 98.7 cm³/mol. The van der Waals surface area contributed by atoms with Crippen molar-refractivity contribution in [1.82, 2.24) is 10.2 Å². The number of nitrogens with zero attached hydrogens (tertiary/aromatic N) is 2. The van der Waals surface area contributed by atoms with Gasteiger partial charge in [0.2, 0.25) is 0 Å². The zero-order valence-electron chi connectivity index (χ0n) is 15.7. The first-order valence-electron chi connectivity index (χ1n) is 9.14. The van der Waals surface area contributed by atoms with Gasteiger partial charge in [0, 0.05) is 0 Å². The molecule has 0 bridgehead atoms. The highest BCUT2D eigenvalue weighted by Crippen LogP contribution is 2.35. The Kier molecular flexibility index (Phi) is 6.06. The van der Waals surface area contributed by atoms with Crippen molar-refractivity contribution in [3.05, 3.63) is 18.1 Å². The first-order valence-corrected chi connectivity index (χ1v) is 10.1. The van der Waals surface area contributed by atoms with Crippen LogP contribution in [0.1, 0.15) is 45.8 Å². The Morgan fingerprint density at radius 2 is 2.19 bits per heavy atom. The number of hydrogen-bond acceptors (Lipinski definition) is 7. The molecule has 2 heterocycles. The van der Waals surface area contributed by atoms with Crippen molar-refractivity contribution in [3.8, 4) is 11.5 Å². The molecule has 1 fully saturated rings. The standard InChI is InChI=1S/C19H26N2O4S/c1-11(2)14-6-5-12(3)9-16(14)24-17(22)10-26-19-21-20-18(25-19)15-7-8-23-13(15)4/h7-8,11-12,14,16H,5-6,9-10H2,1-4H3. The van der Waals surface area contributed by atoms with E-state index < -0.39 is 0 Å². The van der Waals surface area contributed by atoms with Gasteiger partial charge in [-0.3, -0.25) is 4.79 Å². The minimum Gasteiger partial charge on any atom is -0.469 e. The van der Waals surface area contributed by atoms with E-state index in [4.69, 9.17) is 13.6 Å². The molecular formula is C19H26N2O4S. The number of esters is 1. The molecule has 1 aliphatic carbocycles. The third-order valence-corrected chi connectivity index (χ3v) is 5.85. The molecule has 6 nitrogen and oxygen atoms in total. The van der Waals surface area contributed by atoms with Crippen LogP contribution < -0.4 is 0 Å². The first-order chi connectivity index (χ1) is 12.4. The van der Waals surface area contributed by atoms with Crippen LogP contribution in [0, 0.1) is 24.7 Å². The Morgan fingerprint density at radius 3 is 2.88 bits per heavy atom. The highest BCUT2D eigenvalue weighted by atomic mass is 32.2. The monoisotopic (exact) mass is 378 g/mol. The van der Waals surface area contributed by atoms with E-state index in [2.05, 4.69) is 31.0 Å². The fraction of sp³-hybridized carbons (Fsp3) is 0.632. The summed E-state index contributed by atoms with van der Waals surface area (Å²) in [6, 6.07) is 1.78. The lowest BCUT2D eigenvalue weighted by Crippen LogP contribution is -2.36. The van der Waals surface area contributed by atoms with Crippen LogP contribution in [-0.4, -0.2) is 28.0 Å². The molecule has 0 amide bonds. The number of carbonyl (C=O) groups excluding carboxylic acids is 1. The maximum absolute atomic E-state index is 12.3. The second-order valence-corrected chi connectivity index (χ2v) is 8.33. The van der Waals surface area contributed by atoms with Gasteiger partial charge in [0.15, 0.2) is 0 Å². The van der Waals surface area contributed by atoms with E-state index in [1.165, 1.54) is 18.2 Å². The second kappa shape index (κ2) is 8.29. The smallest absolute Gasteiger partial charge is 0.316 e. The summed E-state index contributed by atoms with van der Waals surface area (Å²) in [6.07, 6.45) is 4.88. The summed E-state index contributed by atoms with van der Waals surface area (Å²) in [5.41, 5.74) is 0.767. The molecule has 3 rings (SSSR count). The van der Waals surface area contributed by atoms with Crippen molar-refractivity contribution in [1.29, 1.82) is 0 Å². The number of furan rings is 1. The van der Waals surface area contributed by atoms with Gasteiger partial charge in [0.25, 0.3) is 11.1 Å². The topological polar surface area (TPSA) is 78.4 Å². The molecule has 0 aromatic carbocycles. The average molecular weight is 378 g/mol. The summed E-state index contributed by atoms with van der Waals surface area (Å²) >= 11 is 1.21.